The second kappa shape index (κ2) is 12.6. The topological polar surface area (TPSA) is 115 Å². The van der Waals surface area contributed by atoms with Gasteiger partial charge in [-0.05, 0) is 61.9 Å². The summed E-state index contributed by atoms with van der Waals surface area (Å²) in [5.41, 5.74) is 1.38. The van der Waals surface area contributed by atoms with Gasteiger partial charge < -0.3 is 20.3 Å². The number of ether oxygens (including phenoxy) is 1. The van der Waals surface area contributed by atoms with E-state index in [2.05, 4.69) is 29.4 Å². The number of carbonyl (C=O) groups excluding carboxylic acids is 2. The minimum atomic E-state index is -0.513. The highest BCUT2D eigenvalue weighted by Crippen LogP contribution is 2.22. The van der Waals surface area contributed by atoms with E-state index in [4.69, 9.17) is 4.74 Å². The maximum Gasteiger partial charge on any atom is 0.331 e. The minimum absolute atomic E-state index is 0.00205. The van der Waals surface area contributed by atoms with Crippen LogP contribution in [-0.4, -0.2) is 47.7 Å². The maximum atomic E-state index is 13.2. The summed E-state index contributed by atoms with van der Waals surface area (Å²) in [7, 11) is 3.14. The van der Waals surface area contributed by atoms with Gasteiger partial charge in [-0.3, -0.25) is 23.5 Å². The molecule has 2 aromatic heterocycles. The summed E-state index contributed by atoms with van der Waals surface area (Å²) in [6, 6.07) is 16.2. The van der Waals surface area contributed by atoms with E-state index in [1.807, 2.05) is 36.4 Å². The highest BCUT2D eigenvalue weighted by atomic mass is 32.1. The number of carbonyl (C=O) groups is 2. The van der Waals surface area contributed by atoms with Crippen LogP contribution in [0, 0.1) is 0 Å². The van der Waals surface area contributed by atoms with Crippen LogP contribution in [0.5, 0.6) is 5.75 Å². The highest BCUT2D eigenvalue weighted by Gasteiger charge is 2.18. The van der Waals surface area contributed by atoms with Gasteiger partial charge in [-0.25, -0.2) is 4.79 Å². The summed E-state index contributed by atoms with van der Waals surface area (Å²) in [6.07, 6.45) is 0. The standard InChI is InChI=1S/C29H33N5O5S/c1-5-33(6-2)21-12-10-20(11-13-21)25(35)30-14-15-34-27(37)23-17-24(40-28(23)32(3)29(34)38)26(36)31-18-19-8-7-9-22(16-19)39-4/h7-13,16-17H,5-6,14-15,18H2,1-4H3,(H,30,35)(H,31,36). The van der Waals surface area contributed by atoms with Gasteiger partial charge in [-0.1, -0.05) is 12.1 Å². The number of nitrogens with zero attached hydrogens (tertiary/aromatic N) is 3. The molecule has 0 aliphatic carbocycles. The molecule has 2 amide bonds. The van der Waals surface area contributed by atoms with Crippen LogP contribution < -0.4 is 31.5 Å². The van der Waals surface area contributed by atoms with Crippen LogP contribution in [-0.2, 0) is 20.1 Å². The Morgan fingerprint density at radius 3 is 2.38 bits per heavy atom. The fourth-order valence-electron chi connectivity index (χ4n) is 4.44. The molecule has 0 aliphatic heterocycles. The molecule has 0 unspecified atom stereocenters. The van der Waals surface area contributed by atoms with Crippen molar-refractivity contribution in [1.29, 1.82) is 0 Å². The Morgan fingerprint density at radius 2 is 1.70 bits per heavy atom. The molecule has 2 heterocycles. The molecule has 0 spiro atoms. The Kier molecular flexibility index (Phi) is 9.05. The number of rotatable bonds is 11. The fraction of sp³-hybridized carbons (Fsp3) is 0.310. The molecule has 0 saturated heterocycles. The lowest BCUT2D eigenvalue weighted by Crippen LogP contribution is -2.41. The Balaban J connectivity index is 1.44. The Morgan fingerprint density at radius 1 is 0.975 bits per heavy atom. The molecule has 0 aliphatic rings. The molecule has 2 N–H and O–H groups in total. The number of hydrogen-bond acceptors (Lipinski definition) is 7. The molecule has 4 rings (SSSR count). The van der Waals surface area contributed by atoms with Crippen molar-refractivity contribution in [2.45, 2.75) is 26.9 Å². The lowest BCUT2D eigenvalue weighted by Gasteiger charge is -2.21. The van der Waals surface area contributed by atoms with Gasteiger partial charge in [-0.2, -0.15) is 0 Å². The van der Waals surface area contributed by atoms with Crippen molar-refractivity contribution in [2.24, 2.45) is 7.05 Å². The zero-order chi connectivity index (χ0) is 28.8. The monoisotopic (exact) mass is 563 g/mol. The number of anilines is 1. The third-order valence-corrected chi connectivity index (χ3v) is 7.91. The van der Waals surface area contributed by atoms with E-state index in [0.717, 1.165) is 40.2 Å². The molecule has 0 atom stereocenters. The molecule has 10 nitrogen and oxygen atoms in total. The van der Waals surface area contributed by atoms with E-state index in [9.17, 15) is 19.2 Å². The summed E-state index contributed by atoms with van der Waals surface area (Å²) in [4.78, 5) is 54.5. The van der Waals surface area contributed by atoms with Crippen molar-refractivity contribution < 1.29 is 14.3 Å². The smallest absolute Gasteiger partial charge is 0.331 e. The van der Waals surface area contributed by atoms with Gasteiger partial charge >= 0.3 is 5.69 Å². The van der Waals surface area contributed by atoms with E-state index in [1.165, 1.54) is 10.6 Å². The Labute approximate surface area is 235 Å². The van der Waals surface area contributed by atoms with Crippen molar-refractivity contribution >= 4 is 39.1 Å². The van der Waals surface area contributed by atoms with Crippen LogP contribution in [0.1, 0.15) is 39.4 Å². The Bertz CT molecular complexity index is 1630. The average Bonchev–Trinajstić information content (AvgIpc) is 3.44. The number of benzene rings is 2. The third kappa shape index (κ3) is 6.09. The normalized spacial score (nSPS) is 10.9. The molecule has 210 valence electrons. The van der Waals surface area contributed by atoms with Crippen molar-refractivity contribution in [2.75, 3.05) is 31.6 Å². The van der Waals surface area contributed by atoms with Crippen LogP contribution in [0.2, 0.25) is 0 Å². The number of amides is 2. The third-order valence-electron chi connectivity index (χ3n) is 6.70. The van der Waals surface area contributed by atoms with Gasteiger partial charge in [0.05, 0.1) is 17.4 Å². The molecule has 0 radical (unpaired) electrons. The second-order valence-electron chi connectivity index (χ2n) is 9.14. The summed E-state index contributed by atoms with van der Waals surface area (Å²) in [6.45, 7) is 6.26. The van der Waals surface area contributed by atoms with Crippen LogP contribution in [0.25, 0.3) is 10.2 Å². The van der Waals surface area contributed by atoms with Crippen molar-refractivity contribution in [3.8, 4) is 5.75 Å². The van der Waals surface area contributed by atoms with Crippen molar-refractivity contribution in [3.05, 3.63) is 91.4 Å². The quantitative estimate of drug-likeness (QED) is 0.290. The number of hydrogen-bond donors (Lipinski definition) is 2. The zero-order valence-corrected chi connectivity index (χ0v) is 23.8. The van der Waals surface area contributed by atoms with Crippen LogP contribution in [0.3, 0.4) is 0 Å². The minimum Gasteiger partial charge on any atom is -0.497 e. The molecule has 40 heavy (non-hydrogen) atoms. The average molecular weight is 564 g/mol. The second-order valence-corrected chi connectivity index (χ2v) is 10.2. The van der Waals surface area contributed by atoms with Gasteiger partial charge in [0, 0.05) is 51.0 Å². The van der Waals surface area contributed by atoms with Gasteiger partial charge in [-0.15, -0.1) is 11.3 Å². The molecular weight excluding hydrogens is 530 g/mol. The number of thiophene rings is 1. The van der Waals surface area contributed by atoms with Crippen LogP contribution in [0.15, 0.2) is 64.2 Å². The SMILES string of the molecule is CCN(CC)c1ccc(C(=O)NCCn2c(=O)c3cc(C(=O)NCc4cccc(OC)c4)sc3n(C)c2=O)cc1. The maximum absolute atomic E-state index is 13.2. The first-order valence-corrected chi connectivity index (χ1v) is 13.9. The summed E-state index contributed by atoms with van der Waals surface area (Å²) in [5.74, 6) is 0.0535. The molecule has 4 aromatic rings. The van der Waals surface area contributed by atoms with Gasteiger partial charge in [0.25, 0.3) is 17.4 Å². The van der Waals surface area contributed by atoms with E-state index in [-0.39, 0.29) is 36.8 Å². The summed E-state index contributed by atoms with van der Waals surface area (Å²) in [5, 5.41) is 5.90. The molecule has 2 aromatic carbocycles. The number of fused-ring (bicyclic) bond motifs is 1. The van der Waals surface area contributed by atoms with Gasteiger partial charge in [0.1, 0.15) is 10.6 Å². The van der Waals surface area contributed by atoms with Crippen LogP contribution >= 0.6 is 11.3 Å². The lowest BCUT2D eigenvalue weighted by molar-refractivity contribution is 0.0945. The molecule has 0 saturated carbocycles. The van der Waals surface area contributed by atoms with E-state index >= 15 is 0 Å². The first-order valence-electron chi connectivity index (χ1n) is 13.0. The zero-order valence-electron chi connectivity index (χ0n) is 23.0. The number of aromatic nitrogens is 2. The number of nitrogens with one attached hydrogen (secondary N) is 2. The first-order chi connectivity index (χ1) is 19.3. The Hall–Kier alpha value is -4.38. The fourth-order valence-corrected chi connectivity index (χ4v) is 5.46. The van der Waals surface area contributed by atoms with Gasteiger partial charge in [0.2, 0.25) is 0 Å². The molecular formula is C29H33N5O5S. The highest BCUT2D eigenvalue weighted by molar-refractivity contribution is 7.20. The van der Waals surface area contributed by atoms with E-state index in [1.54, 1.807) is 26.3 Å². The van der Waals surface area contributed by atoms with E-state index in [0.29, 0.717) is 21.0 Å². The summed E-state index contributed by atoms with van der Waals surface area (Å²) >= 11 is 1.08. The van der Waals surface area contributed by atoms with Crippen molar-refractivity contribution in [1.82, 2.24) is 19.8 Å². The number of aryl methyl sites for hydroxylation is 1. The predicted molar refractivity (Wildman–Crippen MR) is 158 cm³/mol. The molecule has 11 heteroatoms. The van der Waals surface area contributed by atoms with Crippen LogP contribution in [0.4, 0.5) is 5.69 Å². The molecule has 0 bridgehead atoms. The predicted octanol–water partition coefficient (Wildman–Crippen LogP) is 2.98. The largest absolute Gasteiger partial charge is 0.497 e. The van der Waals surface area contributed by atoms with Gasteiger partial charge in [0.15, 0.2) is 0 Å². The first kappa shape index (κ1) is 28.6. The molecule has 0 fully saturated rings. The van der Waals surface area contributed by atoms with E-state index < -0.39 is 11.2 Å². The number of methoxy groups -OCH3 is 1. The lowest BCUT2D eigenvalue weighted by atomic mass is 10.2. The summed E-state index contributed by atoms with van der Waals surface area (Å²) < 4.78 is 7.65. The van der Waals surface area contributed by atoms with Crippen molar-refractivity contribution in [3.63, 3.8) is 0 Å².